The van der Waals surface area contributed by atoms with E-state index in [1.165, 1.54) is 24.8 Å². The Balaban J connectivity index is 2.06. The Labute approximate surface area is 229 Å². The van der Waals surface area contributed by atoms with Gasteiger partial charge in [-0.1, -0.05) is 30.3 Å². The molecule has 3 atom stereocenters. The molecule has 0 aromatic heterocycles. The highest BCUT2D eigenvalue weighted by Gasteiger charge is 2.79. The van der Waals surface area contributed by atoms with E-state index >= 15 is 0 Å². The van der Waals surface area contributed by atoms with Crippen LogP contribution >= 0.6 is 0 Å². The van der Waals surface area contributed by atoms with E-state index in [1.807, 2.05) is 0 Å². The van der Waals surface area contributed by atoms with E-state index < -0.39 is 58.5 Å². The molecule has 1 N–H and O–H groups in total. The molecule has 0 saturated carbocycles. The van der Waals surface area contributed by atoms with Gasteiger partial charge < -0.3 is 23.8 Å². The van der Waals surface area contributed by atoms with E-state index in [-0.39, 0.29) is 31.0 Å². The molecule has 1 saturated heterocycles. The predicted molar refractivity (Wildman–Crippen MR) is 136 cm³/mol. The third-order valence-electron chi connectivity index (χ3n) is 7.21. The highest BCUT2D eigenvalue weighted by molar-refractivity contribution is 6.17. The minimum absolute atomic E-state index is 0.00959. The lowest BCUT2D eigenvalue weighted by Crippen LogP contribution is -2.65. The van der Waals surface area contributed by atoms with Crippen LogP contribution in [0.25, 0.3) is 0 Å². The molecule has 12 heteroatoms. The summed E-state index contributed by atoms with van der Waals surface area (Å²) in [4.78, 5) is 70.0. The minimum Gasteiger partial charge on any atom is -0.469 e. The molecule has 2 aromatic rings. The van der Waals surface area contributed by atoms with E-state index in [9.17, 15) is 28.4 Å². The normalized spacial score (nSPS) is 22.5. The number of halogens is 1. The maximum atomic E-state index is 14.8. The molecule has 0 aliphatic carbocycles. The first-order valence-corrected chi connectivity index (χ1v) is 12.6. The molecule has 2 aliphatic heterocycles. The second kappa shape index (κ2) is 11.0. The summed E-state index contributed by atoms with van der Waals surface area (Å²) in [7, 11) is 2.02. The zero-order valence-electron chi connectivity index (χ0n) is 22.4. The molecule has 1 spiro atoms. The Bertz CT molecular complexity index is 1330. The van der Waals surface area contributed by atoms with Crippen molar-refractivity contribution in [3.63, 3.8) is 0 Å². The second-order valence-corrected chi connectivity index (χ2v) is 9.22. The Hall–Kier alpha value is -4.32. The number of hydrogen-bond acceptors (Lipinski definition) is 10. The molecule has 0 bridgehead atoms. The van der Waals surface area contributed by atoms with Gasteiger partial charge in [-0.3, -0.25) is 19.7 Å². The van der Waals surface area contributed by atoms with Gasteiger partial charge in [-0.25, -0.2) is 14.0 Å². The van der Waals surface area contributed by atoms with Gasteiger partial charge in [0.15, 0.2) is 0 Å². The fraction of sp³-hybridized carbons (Fsp3) is 0.393. The van der Waals surface area contributed by atoms with Gasteiger partial charge in [-0.15, -0.1) is 0 Å². The first-order chi connectivity index (χ1) is 19.1. The molecule has 0 radical (unpaired) electrons. The van der Waals surface area contributed by atoms with Crippen LogP contribution < -0.4 is 10.2 Å². The molecule has 2 aliphatic rings. The number of ether oxygens (including phenoxy) is 4. The second-order valence-electron chi connectivity index (χ2n) is 9.22. The van der Waals surface area contributed by atoms with Crippen molar-refractivity contribution in [1.29, 1.82) is 0 Å². The fourth-order valence-electron chi connectivity index (χ4n) is 5.62. The maximum absolute atomic E-state index is 14.8. The lowest BCUT2D eigenvalue weighted by Gasteiger charge is -2.31. The standard InChI is InChI=1S/C28H29FN2O9/c1-5-39-25(35)28(26(36)40-6-2)21(23(33)38-4)20(22(32)37-3)27(30-28)18-14-17(29)12-13-19(18)31(24(27)34)15-16-10-8-7-9-11-16/h7-14,20-21,30H,5-6,15H2,1-4H3/t20-,21+,27+/m0/s1. The lowest BCUT2D eigenvalue weighted by molar-refractivity contribution is -0.175. The number of rotatable bonds is 8. The van der Waals surface area contributed by atoms with Crippen molar-refractivity contribution in [1.82, 2.24) is 5.32 Å². The van der Waals surface area contributed by atoms with Gasteiger partial charge in [0.1, 0.15) is 23.2 Å². The van der Waals surface area contributed by atoms with E-state index in [0.29, 0.717) is 5.56 Å². The number of carbonyl (C=O) groups is 5. The van der Waals surface area contributed by atoms with Gasteiger partial charge in [0, 0.05) is 11.3 Å². The molecule has 4 rings (SSSR count). The highest BCUT2D eigenvalue weighted by Crippen LogP contribution is 2.56. The molecule has 2 aromatic carbocycles. The van der Waals surface area contributed by atoms with Crippen molar-refractivity contribution in [2.75, 3.05) is 32.3 Å². The van der Waals surface area contributed by atoms with Gasteiger partial charge >= 0.3 is 23.9 Å². The number of anilines is 1. The largest absolute Gasteiger partial charge is 0.469 e. The molecule has 1 fully saturated rings. The predicted octanol–water partition coefficient (Wildman–Crippen LogP) is 1.61. The number of hydrogen-bond donors (Lipinski definition) is 1. The van der Waals surface area contributed by atoms with E-state index in [2.05, 4.69) is 5.32 Å². The molecular formula is C28H29FN2O9. The van der Waals surface area contributed by atoms with Crippen LogP contribution in [-0.4, -0.2) is 62.8 Å². The maximum Gasteiger partial charge on any atom is 0.339 e. The summed E-state index contributed by atoms with van der Waals surface area (Å²) in [6.45, 7) is 2.50. The Morgan fingerprint density at radius 2 is 1.48 bits per heavy atom. The summed E-state index contributed by atoms with van der Waals surface area (Å²) in [5.41, 5.74) is -4.23. The quantitative estimate of drug-likeness (QED) is 0.290. The SMILES string of the molecule is CCOC(=O)C1(C(=O)OCC)N[C@@]2(C(=O)N(Cc3ccccc3)c3ccc(F)cc32)[C@H](C(=O)OC)[C@@H]1C(=O)OC. The Morgan fingerprint density at radius 3 is 2.02 bits per heavy atom. The van der Waals surface area contributed by atoms with Crippen LogP contribution in [-0.2, 0) is 55.0 Å². The number of fused-ring (bicyclic) bond motifs is 2. The summed E-state index contributed by atoms with van der Waals surface area (Å²) >= 11 is 0. The zero-order valence-corrected chi connectivity index (χ0v) is 22.4. The number of esters is 4. The van der Waals surface area contributed by atoms with Crippen molar-refractivity contribution in [2.24, 2.45) is 11.8 Å². The average Bonchev–Trinajstić information content (AvgIpc) is 3.40. The molecule has 2 heterocycles. The minimum atomic E-state index is -2.72. The van der Waals surface area contributed by atoms with E-state index in [4.69, 9.17) is 18.9 Å². The summed E-state index contributed by atoms with van der Waals surface area (Å²) < 4.78 is 35.2. The van der Waals surface area contributed by atoms with Crippen LogP contribution in [0.1, 0.15) is 25.0 Å². The summed E-state index contributed by atoms with van der Waals surface area (Å²) in [6, 6.07) is 12.3. The first kappa shape index (κ1) is 28.7. The number of benzene rings is 2. The topological polar surface area (TPSA) is 138 Å². The molecule has 0 unspecified atom stereocenters. The van der Waals surface area contributed by atoms with Crippen LogP contribution in [0.4, 0.5) is 10.1 Å². The summed E-state index contributed by atoms with van der Waals surface area (Å²) in [6.07, 6.45) is 0. The van der Waals surface area contributed by atoms with Crippen LogP contribution in [0.5, 0.6) is 0 Å². The number of amides is 1. The van der Waals surface area contributed by atoms with Crippen molar-refractivity contribution < 1.29 is 47.3 Å². The van der Waals surface area contributed by atoms with Crippen molar-refractivity contribution >= 4 is 35.5 Å². The van der Waals surface area contributed by atoms with Gasteiger partial charge in [0.25, 0.3) is 5.91 Å². The Morgan fingerprint density at radius 1 is 0.900 bits per heavy atom. The lowest BCUT2D eigenvalue weighted by atomic mass is 9.72. The van der Waals surface area contributed by atoms with Crippen LogP contribution in [0.3, 0.4) is 0 Å². The number of nitrogens with zero attached hydrogens (tertiary/aromatic N) is 1. The van der Waals surface area contributed by atoms with Gasteiger partial charge in [-0.05, 0) is 37.6 Å². The van der Waals surface area contributed by atoms with E-state index in [0.717, 1.165) is 26.4 Å². The van der Waals surface area contributed by atoms with Crippen LogP contribution in [0, 0.1) is 17.7 Å². The average molecular weight is 557 g/mol. The van der Waals surface area contributed by atoms with Gasteiger partial charge in [0.05, 0.1) is 34.0 Å². The molecule has 1 amide bonds. The number of carbonyl (C=O) groups excluding carboxylic acids is 5. The van der Waals surface area contributed by atoms with E-state index in [1.54, 1.807) is 30.3 Å². The molecule has 212 valence electrons. The third kappa shape index (κ3) is 4.19. The molecule has 40 heavy (non-hydrogen) atoms. The van der Waals surface area contributed by atoms with Gasteiger partial charge in [0.2, 0.25) is 5.54 Å². The Kier molecular flexibility index (Phi) is 7.92. The van der Waals surface area contributed by atoms with Crippen molar-refractivity contribution in [3.05, 3.63) is 65.5 Å². The molecule has 11 nitrogen and oxygen atoms in total. The van der Waals surface area contributed by atoms with Crippen LogP contribution in [0.15, 0.2) is 48.5 Å². The highest BCUT2D eigenvalue weighted by atomic mass is 19.1. The first-order valence-electron chi connectivity index (χ1n) is 12.6. The van der Waals surface area contributed by atoms with Gasteiger partial charge in [-0.2, -0.15) is 0 Å². The fourth-order valence-corrected chi connectivity index (χ4v) is 5.62. The monoisotopic (exact) mass is 556 g/mol. The summed E-state index contributed by atoms with van der Waals surface area (Å²) in [5, 5.41) is 2.72. The van der Waals surface area contributed by atoms with Crippen LogP contribution in [0.2, 0.25) is 0 Å². The van der Waals surface area contributed by atoms with Crippen molar-refractivity contribution in [3.8, 4) is 0 Å². The summed E-state index contributed by atoms with van der Waals surface area (Å²) in [5.74, 6) is -10.3. The molecular weight excluding hydrogens is 527 g/mol. The smallest absolute Gasteiger partial charge is 0.339 e. The van der Waals surface area contributed by atoms with Crippen molar-refractivity contribution in [2.45, 2.75) is 31.5 Å². The number of methoxy groups -OCH3 is 2. The zero-order chi connectivity index (χ0) is 29.2. The third-order valence-corrected chi connectivity index (χ3v) is 7.21. The number of nitrogens with one attached hydrogen (secondary N) is 1.